The number of carbonyl (C=O) groups excluding carboxylic acids is 12. The fourth-order valence-electron chi connectivity index (χ4n) is 12.9. The van der Waals surface area contributed by atoms with Gasteiger partial charge in [0.2, 0.25) is 0 Å². The van der Waals surface area contributed by atoms with Crippen molar-refractivity contribution in [3.63, 3.8) is 0 Å². The average Bonchev–Trinajstić information content (AvgIpc) is 1.57. The number of fused-ring (bicyclic) bond motifs is 4. The van der Waals surface area contributed by atoms with Crippen LogP contribution in [0.5, 0.6) is 0 Å². The van der Waals surface area contributed by atoms with Gasteiger partial charge in [-0.1, -0.05) is 58.0 Å². The van der Waals surface area contributed by atoms with E-state index in [0.29, 0.717) is 23.3 Å². The number of aliphatic hydroxyl groups excluding tert-OH is 4. The summed E-state index contributed by atoms with van der Waals surface area (Å²) in [6.07, 6.45) is 8.99. The first-order valence-electron chi connectivity index (χ1n) is 37.8. The summed E-state index contributed by atoms with van der Waals surface area (Å²) in [5, 5.41) is 56.6. The second-order valence-corrected chi connectivity index (χ2v) is 31.0. The van der Waals surface area contributed by atoms with Gasteiger partial charge in [-0.25, -0.2) is 39.9 Å². The molecule has 0 spiro atoms. The summed E-state index contributed by atoms with van der Waals surface area (Å²) in [4.78, 5) is 235. The maximum absolute atomic E-state index is 13.2. The number of methoxy groups -OCH3 is 6. The summed E-state index contributed by atoms with van der Waals surface area (Å²) in [7, 11) is 6.95. The molecule has 708 valence electrons. The smallest absolute Gasteiger partial charge is 0.313 e. The number of rotatable bonds is 27. The fraction of sp³-hybridized carbons (Fsp3) is 0.312. The van der Waals surface area contributed by atoms with Gasteiger partial charge < -0.3 is 103 Å². The van der Waals surface area contributed by atoms with Gasteiger partial charge in [0.15, 0.2) is 5.78 Å². The Morgan fingerprint density at radius 3 is 0.940 bits per heavy atom. The predicted octanol–water partition coefficient (Wildman–Crippen LogP) is 2.37. The number of hydrogen-bond acceptors (Lipinski definition) is 39. The van der Waals surface area contributed by atoms with Gasteiger partial charge in [-0.2, -0.15) is 0 Å². The molecule has 0 fully saturated rings. The molecule has 56 heteroatoms. The number of nitrogens with zero attached hydrogens (tertiary/aromatic N) is 12. The van der Waals surface area contributed by atoms with Crippen LogP contribution in [0.25, 0.3) is 0 Å². The Bertz CT molecular complexity index is 5980. The van der Waals surface area contributed by atoms with E-state index in [-0.39, 0.29) is 145 Å². The maximum atomic E-state index is 13.2. The van der Waals surface area contributed by atoms with E-state index < -0.39 is 147 Å². The molecule has 0 radical (unpaired) electrons. The fourth-order valence-corrected chi connectivity index (χ4v) is 15.3. The molecular weight excluding hydrogens is 2000 g/mol. The highest BCUT2D eigenvalue weighted by molar-refractivity contribution is 9.10. The first kappa shape index (κ1) is 106. The number of aliphatic hydroxyl groups is 4. The number of Topliss-reactive ketones (excluding diaryl/α,β-unsaturated/α-hetero) is 1. The Hall–Kier alpha value is -13.6. The highest BCUT2D eigenvalue weighted by Crippen LogP contribution is 2.39. The molecule has 16 N–H and O–H groups in total. The number of H-pyrrole nitrogens is 1. The average molecular weight is 2080 g/mol. The van der Waals surface area contributed by atoms with Crippen LogP contribution in [0.1, 0.15) is 117 Å². The molecule has 49 nitrogen and oxygen atoms in total. The summed E-state index contributed by atoms with van der Waals surface area (Å²) >= 11 is 36.3. The summed E-state index contributed by atoms with van der Waals surface area (Å²) in [5.74, 6) is -6.37. The van der Waals surface area contributed by atoms with E-state index in [2.05, 4.69) is 142 Å². The third-order valence-electron chi connectivity index (χ3n) is 18.8. The highest BCUT2D eigenvalue weighted by atomic mass is 79.9. The van der Waals surface area contributed by atoms with Gasteiger partial charge in [0, 0.05) is 76.9 Å². The van der Waals surface area contributed by atoms with Crippen LogP contribution >= 0.6 is 89.9 Å². The van der Waals surface area contributed by atoms with E-state index in [0.717, 1.165) is 37.6 Å². The lowest BCUT2D eigenvalue weighted by atomic mass is 10.0. The zero-order valence-corrected chi connectivity index (χ0v) is 77.0. The molecule has 0 aliphatic carbocycles. The van der Waals surface area contributed by atoms with Crippen LogP contribution in [0.2, 0.25) is 25.1 Å². The number of halogens is 7. The van der Waals surface area contributed by atoms with Crippen molar-refractivity contribution in [2.24, 2.45) is 5.73 Å². The minimum Gasteiger partial charge on any atom is -0.469 e. The van der Waals surface area contributed by atoms with E-state index in [1.807, 2.05) is 0 Å². The Balaban J connectivity index is 0.000000219. The Kier molecular flexibility index (Phi) is 38.8. The van der Waals surface area contributed by atoms with Crippen molar-refractivity contribution in [3.8, 4) is 0 Å². The SMILES string of the molecule is COC(=O)CC(=O)CC(=O)OC.COC(=O)CC1(CC(=O)OC)NC(=O)c2c(Cl)cc(Br)c(=O)n21.COC(=O)CC1(CC(=O)OC)NC(=O)c2c(Cl)cc(Nc3ccncn3)c(=O)n21.NC(=O)c1[nH]c(=O)c(Br)cc1Cl.Nc1ccncn1.O=C1NC(CCO)(CCO)n2c1c(Cl)cc(Nc1ccncn1)c2=O.O=C1NC(CCO)(CCO)n2c1c(Cl)cc(Nc1ccncn1)c2=O. The van der Waals surface area contributed by atoms with Crippen molar-refractivity contribution in [2.75, 3.05) is 90.8 Å². The monoisotopic (exact) mass is 2080 g/mol. The Morgan fingerprint density at radius 2 is 0.677 bits per heavy atom. The molecule has 133 heavy (non-hydrogen) atoms. The number of ketones is 1. The van der Waals surface area contributed by atoms with Crippen LogP contribution < -0.4 is 76.5 Å². The maximum Gasteiger partial charge on any atom is 0.313 e. The lowest BCUT2D eigenvalue weighted by molar-refractivity contribution is -0.149. The van der Waals surface area contributed by atoms with Crippen LogP contribution in [0.15, 0.2) is 138 Å². The number of carbonyl (C=O) groups is 12. The highest BCUT2D eigenvalue weighted by Gasteiger charge is 2.52. The van der Waals surface area contributed by atoms with Crippen LogP contribution in [0.4, 0.5) is 40.3 Å². The number of pyridine rings is 5. The standard InChI is InChI=1S/C17H16ClN5O6.2C15H16ClN5O4.C13H12BrClN2O6.C7H10O5.C6H4BrClN2O2.C4H5N3/c1-28-12(24)6-17(7-13(25)29-2)22-15(26)14-9(18)5-10(16(27)23(14)17)21-11-3-4-19-8-20-11;2*16-9-7-10(19-11-1-4-17-8-18-11)14(25)21-12(9)13(24)20-15(21,2-5-22)3-6-23;1-22-8(18)4-13(5-9(19)23-2)16-11(20)10-7(15)3-6(14)12(21)17(10)13;1-11-6(9)3-5(8)4-7(10)12-2;7-2-1-3(8)4(5(9)11)10-6(2)12;5-4-1-2-6-3-7-4/h3-5,8H,6-7H2,1-2H3,(H,22,26)(H,19,20,21);2*1,4,7-8,22-23H,2-3,5-6H2,(H,20,24)(H,17,18,19);3H,4-5H2,1-2H3,(H,16,20);3-4H2,1-2H3;1H,(H2,9,11)(H,10,12);1-3H,(H2,5,6,7). The summed E-state index contributed by atoms with van der Waals surface area (Å²) < 4.78 is 31.7. The predicted molar refractivity (Wildman–Crippen MR) is 475 cm³/mol. The van der Waals surface area contributed by atoms with Crippen LogP contribution in [0, 0.1) is 0 Å². The Morgan fingerprint density at radius 1 is 0.398 bits per heavy atom. The van der Waals surface area contributed by atoms with Crippen LogP contribution in [-0.4, -0.2) is 224 Å². The van der Waals surface area contributed by atoms with Gasteiger partial charge in [-0.15, -0.1) is 0 Å². The normalized spacial score (nSPS) is 13.4. The van der Waals surface area contributed by atoms with Crippen LogP contribution in [0.3, 0.4) is 0 Å². The number of amides is 5. The lowest BCUT2D eigenvalue weighted by Gasteiger charge is -2.30. The van der Waals surface area contributed by atoms with Gasteiger partial charge >= 0.3 is 35.8 Å². The van der Waals surface area contributed by atoms with E-state index in [1.54, 1.807) is 24.4 Å². The molecule has 0 unspecified atom stereocenters. The van der Waals surface area contributed by atoms with Crippen molar-refractivity contribution < 1.29 is 106 Å². The molecule has 0 atom stereocenters. The first-order valence-corrected chi connectivity index (χ1v) is 41.2. The van der Waals surface area contributed by atoms with E-state index in [9.17, 15) is 102 Å². The molecule has 0 saturated carbocycles. The van der Waals surface area contributed by atoms with Gasteiger partial charge in [0.1, 0.15) is 130 Å². The molecular formula is C77H79Br2Cl5N22O27. The Labute approximate surface area is 789 Å². The minimum absolute atomic E-state index is 0.00167. The molecule has 0 aromatic carbocycles. The molecule has 13 heterocycles. The topological polar surface area (TPSA) is 701 Å². The minimum atomic E-state index is -1.74. The van der Waals surface area contributed by atoms with Crippen molar-refractivity contribution >= 4 is 201 Å². The zero-order chi connectivity index (χ0) is 98.6. The second-order valence-electron chi connectivity index (χ2n) is 27.2. The number of nitrogens with two attached hydrogens (primary N) is 2. The lowest BCUT2D eigenvalue weighted by Crippen LogP contribution is -2.50. The molecule has 0 bridgehead atoms. The van der Waals surface area contributed by atoms with E-state index in [1.165, 1.54) is 104 Å². The number of aromatic nitrogens is 13. The van der Waals surface area contributed by atoms with Crippen molar-refractivity contribution in [2.45, 2.75) is 86.9 Å². The zero-order valence-electron chi connectivity index (χ0n) is 70.1. The molecule has 13 rings (SSSR count). The first-order chi connectivity index (χ1) is 63.1. The number of primary amides is 1. The summed E-state index contributed by atoms with van der Waals surface area (Å²) in [5.41, 5.74) is 1.31. The van der Waals surface area contributed by atoms with Crippen molar-refractivity contribution in [1.82, 2.24) is 84.4 Å². The molecule has 9 aromatic rings. The quantitative estimate of drug-likeness (QED) is 0.0200. The number of nitrogen functional groups attached to an aromatic ring is 1. The molecule has 9 aromatic heterocycles. The molecule has 4 aliphatic rings. The van der Waals surface area contributed by atoms with Gasteiger partial charge in [0.25, 0.3) is 57.3 Å². The van der Waals surface area contributed by atoms with E-state index >= 15 is 0 Å². The van der Waals surface area contributed by atoms with Gasteiger partial charge in [-0.3, -0.25) is 99.8 Å². The summed E-state index contributed by atoms with van der Waals surface area (Å²) in [6, 6.07) is 12.9. The molecule has 4 aliphatic heterocycles. The number of nitrogens with one attached hydrogen (secondary N) is 8. The van der Waals surface area contributed by atoms with Crippen LogP contribution in [-0.2, 0) is 84.6 Å². The number of esters is 6. The van der Waals surface area contributed by atoms with Crippen molar-refractivity contribution in [1.29, 1.82) is 0 Å². The van der Waals surface area contributed by atoms with Gasteiger partial charge in [-0.05, 0) is 86.5 Å². The second kappa shape index (κ2) is 48.5. The number of ether oxygens (including phenoxy) is 6. The number of anilines is 7. The third kappa shape index (κ3) is 26.4. The van der Waals surface area contributed by atoms with Gasteiger partial charge in [0.05, 0.1) is 102 Å². The summed E-state index contributed by atoms with van der Waals surface area (Å²) in [6.45, 7) is -1.14. The van der Waals surface area contributed by atoms with E-state index in [4.69, 9.17) is 69.5 Å². The molecule has 5 amide bonds. The number of hydrogen-bond donors (Lipinski definition) is 14. The molecule has 0 saturated heterocycles. The largest absolute Gasteiger partial charge is 0.469 e. The third-order valence-corrected chi connectivity index (χ3v) is 21.4. The number of aromatic amines is 1. The van der Waals surface area contributed by atoms with Crippen molar-refractivity contribution in [3.05, 3.63) is 219 Å².